The molecule has 2 aromatic heterocycles. The van der Waals surface area contributed by atoms with E-state index >= 15 is 0 Å². The highest BCUT2D eigenvalue weighted by molar-refractivity contribution is 6.05. The van der Waals surface area contributed by atoms with Gasteiger partial charge in [0, 0.05) is 29.4 Å². The molecule has 0 saturated heterocycles. The Balaban J connectivity index is 1.24. The number of nitrogens with one attached hydrogen (secondary N) is 2. The van der Waals surface area contributed by atoms with E-state index in [9.17, 15) is 13.2 Å². The topological polar surface area (TPSA) is 146 Å². The van der Waals surface area contributed by atoms with Crippen LogP contribution in [0.3, 0.4) is 0 Å². The molecule has 0 amide bonds. The van der Waals surface area contributed by atoms with Gasteiger partial charge in [0.2, 0.25) is 12.7 Å². The van der Waals surface area contributed by atoms with Gasteiger partial charge in [-0.05, 0) is 59.7 Å². The van der Waals surface area contributed by atoms with Crippen LogP contribution in [0.2, 0.25) is 0 Å². The summed E-state index contributed by atoms with van der Waals surface area (Å²) in [4.78, 5) is 17.4. The van der Waals surface area contributed by atoms with Gasteiger partial charge in [0.05, 0.1) is 22.8 Å². The molecular formula is C30H23F3N8O2. The molecule has 7 rings (SSSR count). The Morgan fingerprint density at radius 1 is 0.930 bits per heavy atom. The van der Waals surface area contributed by atoms with E-state index in [4.69, 9.17) is 25.9 Å². The summed E-state index contributed by atoms with van der Waals surface area (Å²) in [6.07, 6.45) is -2.54. The quantitative estimate of drug-likeness (QED) is 0.190. The third-order valence-corrected chi connectivity index (χ3v) is 7.23. The summed E-state index contributed by atoms with van der Waals surface area (Å²) in [5.74, 6) is 1.82. The molecule has 3 aromatic carbocycles. The van der Waals surface area contributed by atoms with Crippen LogP contribution in [0.15, 0.2) is 77.9 Å². The lowest BCUT2D eigenvalue weighted by atomic mass is 9.96. The molecule has 2 aliphatic rings. The van der Waals surface area contributed by atoms with Crippen molar-refractivity contribution in [3.8, 4) is 11.5 Å². The van der Waals surface area contributed by atoms with Crippen molar-refractivity contribution in [3.63, 3.8) is 0 Å². The predicted octanol–water partition coefficient (Wildman–Crippen LogP) is 6.36. The van der Waals surface area contributed by atoms with Gasteiger partial charge in [0.25, 0.3) is 0 Å². The Labute approximate surface area is 242 Å². The molecule has 13 heteroatoms. The Hall–Kier alpha value is -5.59. The molecule has 0 spiro atoms. The zero-order valence-electron chi connectivity index (χ0n) is 22.3. The molecule has 1 atom stereocenters. The maximum atomic E-state index is 13.3. The highest BCUT2D eigenvalue weighted by Gasteiger charge is 2.31. The number of hydrogen-bond donors (Lipinski definition) is 4. The number of ether oxygens (including phenoxy) is 2. The predicted molar refractivity (Wildman–Crippen MR) is 157 cm³/mol. The van der Waals surface area contributed by atoms with E-state index in [0.29, 0.717) is 46.2 Å². The second-order valence-corrected chi connectivity index (χ2v) is 10.0. The second-order valence-electron chi connectivity index (χ2n) is 10.0. The molecule has 216 valence electrons. The number of anilines is 5. The van der Waals surface area contributed by atoms with Crippen LogP contribution in [0.25, 0.3) is 10.9 Å². The standard InChI is InChI=1S/C30H23F3N8O2/c31-30(32,33)17-5-6-19-20(8-9-36-23(19)12-17)37-18-3-1-2-15(10-18)22-13-21(16-4-7-24-25(11-16)43-14-42-24)38-26-27(34)40-29(35)41-28(26)39-22/h1-12,22H,13-14H2,(H,36,37)(H5,34,35,39,40,41). The van der Waals surface area contributed by atoms with Crippen molar-refractivity contribution in [2.75, 3.05) is 28.9 Å². The maximum absolute atomic E-state index is 13.3. The van der Waals surface area contributed by atoms with E-state index in [0.717, 1.165) is 28.9 Å². The first-order valence-corrected chi connectivity index (χ1v) is 13.2. The monoisotopic (exact) mass is 584 g/mol. The summed E-state index contributed by atoms with van der Waals surface area (Å²) in [6.45, 7) is 0.147. The number of nitrogens with zero attached hydrogens (tertiary/aromatic N) is 4. The lowest BCUT2D eigenvalue weighted by Crippen LogP contribution is -2.15. The van der Waals surface area contributed by atoms with Gasteiger partial charge in [-0.3, -0.25) is 4.98 Å². The first-order valence-electron chi connectivity index (χ1n) is 13.2. The van der Waals surface area contributed by atoms with E-state index in [1.54, 1.807) is 6.07 Å². The molecule has 0 radical (unpaired) electrons. The lowest BCUT2D eigenvalue weighted by molar-refractivity contribution is -0.137. The minimum Gasteiger partial charge on any atom is -0.454 e. The van der Waals surface area contributed by atoms with Crippen LogP contribution in [-0.2, 0) is 6.18 Å². The van der Waals surface area contributed by atoms with Gasteiger partial charge in [0.1, 0.15) is 5.69 Å². The fourth-order valence-corrected chi connectivity index (χ4v) is 5.17. The van der Waals surface area contributed by atoms with Crippen molar-refractivity contribution in [2.24, 2.45) is 4.99 Å². The average molecular weight is 585 g/mol. The number of aliphatic imine (C=N–C) groups is 1. The zero-order chi connectivity index (χ0) is 29.7. The fraction of sp³-hybridized carbons (Fsp3) is 0.133. The highest BCUT2D eigenvalue weighted by Crippen LogP contribution is 2.40. The molecule has 4 heterocycles. The molecule has 0 saturated carbocycles. The highest BCUT2D eigenvalue weighted by atomic mass is 19.4. The number of fused-ring (bicyclic) bond motifs is 3. The van der Waals surface area contributed by atoms with Crippen LogP contribution in [0.4, 0.5) is 47.8 Å². The largest absolute Gasteiger partial charge is 0.454 e. The summed E-state index contributed by atoms with van der Waals surface area (Å²) in [7, 11) is 0. The average Bonchev–Trinajstić information content (AvgIpc) is 3.36. The van der Waals surface area contributed by atoms with Crippen LogP contribution in [0.5, 0.6) is 11.5 Å². The van der Waals surface area contributed by atoms with Gasteiger partial charge >= 0.3 is 6.18 Å². The number of benzene rings is 3. The molecule has 1 unspecified atom stereocenters. The van der Waals surface area contributed by atoms with Gasteiger partial charge in [-0.25, -0.2) is 4.99 Å². The number of hydrogen-bond acceptors (Lipinski definition) is 10. The van der Waals surface area contributed by atoms with Gasteiger partial charge in [0.15, 0.2) is 23.1 Å². The number of halogens is 3. The summed E-state index contributed by atoms with van der Waals surface area (Å²) >= 11 is 0. The molecule has 2 aliphatic heterocycles. The third kappa shape index (κ3) is 5.05. The summed E-state index contributed by atoms with van der Waals surface area (Å²) in [5, 5.41) is 7.32. The summed E-state index contributed by atoms with van der Waals surface area (Å²) < 4.78 is 50.8. The fourth-order valence-electron chi connectivity index (χ4n) is 5.17. The van der Waals surface area contributed by atoms with Crippen molar-refractivity contribution in [1.29, 1.82) is 0 Å². The number of alkyl halides is 3. The lowest BCUT2D eigenvalue weighted by Gasteiger charge is -2.20. The van der Waals surface area contributed by atoms with Crippen molar-refractivity contribution < 1.29 is 22.6 Å². The van der Waals surface area contributed by atoms with E-state index in [1.165, 1.54) is 12.3 Å². The summed E-state index contributed by atoms with van der Waals surface area (Å²) in [5.41, 5.74) is 15.7. The molecule has 0 bridgehead atoms. The maximum Gasteiger partial charge on any atom is 0.416 e. The minimum absolute atomic E-state index is 0.0119. The first-order chi connectivity index (χ1) is 20.7. The molecule has 5 aromatic rings. The van der Waals surface area contributed by atoms with Crippen molar-refractivity contribution in [2.45, 2.75) is 18.6 Å². The number of aromatic nitrogens is 3. The van der Waals surface area contributed by atoms with Gasteiger partial charge < -0.3 is 31.6 Å². The van der Waals surface area contributed by atoms with E-state index in [1.807, 2.05) is 42.5 Å². The number of pyridine rings is 1. The molecular weight excluding hydrogens is 561 g/mol. The van der Waals surface area contributed by atoms with E-state index in [-0.39, 0.29) is 30.1 Å². The smallest absolute Gasteiger partial charge is 0.416 e. The molecule has 0 fully saturated rings. The third-order valence-electron chi connectivity index (χ3n) is 7.23. The van der Waals surface area contributed by atoms with Crippen molar-refractivity contribution >= 4 is 51.3 Å². The molecule has 0 aliphatic carbocycles. The van der Waals surface area contributed by atoms with Crippen molar-refractivity contribution in [3.05, 3.63) is 89.6 Å². The van der Waals surface area contributed by atoms with Crippen LogP contribution in [0.1, 0.15) is 29.2 Å². The van der Waals surface area contributed by atoms with Gasteiger partial charge in [-0.15, -0.1) is 0 Å². The number of nitrogen functional groups attached to an aromatic ring is 2. The van der Waals surface area contributed by atoms with Gasteiger partial charge in [-0.1, -0.05) is 18.2 Å². The van der Waals surface area contributed by atoms with Gasteiger partial charge in [-0.2, -0.15) is 23.1 Å². The Kier molecular flexibility index (Phi) is 6.15. The summed E-state index contributed by atoms with van der Waals surface area (Å²) in [6, 6.07) is 18.2. The van der Waals surface area contributed by atoms with Crippen LogP contribution in [-0.4, -0.2) is 27.5 Å². The second kappa shape index (κ2) is 10.0. The van der Waals surface area contributed by atoms with Crippen LogP contribution >= 0.6 is 0 Å². The number of rotatable bonds is 4. The molecule has 10 nitrogen and oxygen atoms in total. The zero-order valence-corrected chi connectivity index (χ0v) is 22.3. The van der Waals surface area contributed by atoms with E-state index in [2.05, 4.69) is 25.6 Å². The van der Waals surface area contributed by atoms with E-state index < -0.39 is 11.7 Å². The Bertz CT molecular complexity index is 1930. The minimum atomic E-state index is -4.46. The normalized spacial score (nSPS) is 15.8. The molecule has 43 heavy (non-hydrogen) atoms. The first kappa shape index (κ1) is 26.3. The van der Waals surface area contributed by atoms with Crippen LogP contribution in [0, 0.1) is 0 Å². The molecule has 6 N–H and O–H groups in total. The number of nitrogens with two attached hydrogens (primary N) is 2. The van der Waals surface area contributed by atoms with Crippen LogP contribution < -0.4 is 31.6 Å². The Morgan fingerprint density at radius 3 is 2.65 bits per heavy atom. The van der Waals surface area contributed by atoms with Crippen molar-refractivity contribution in [1.82, 2.24) is 15.0 Å². The SMILES string of the molecule is Nc1nc(N)c2c(n1)NC(c1cccc(Nc3ccnc4cc(C(F)(F)F)ccc34)c1)CC(c1ccc3c(c1)OCO3)=N2. The Morgan fingerprint density at radius 2 is 1.79 bits per heavy atom.